The molecule has 0 aliphatic heterocycles. The number of carbonyl (C=O) groups excluding carboxylic acids is 3. The van der Waals surface area contributed by atoms with E-state index in [1.165, 1.54) is 0 Å². The van der Waals surface area contributed by atoms with E-state index in [4.69, 9.17) is 50.4 Å². The molecule has 0 unspecified atom stereocenters. The van der Waals surface area contributed by atoms with Crippen molar-refractivity contribution in [2.75, 3.05) is 24.3 Å². The molecular weight excluding hydrogens is 926 g/mol. The number of carboxylic acid groups (broad SMARTS) is 1. The minimum atomic E-state index is -4.55. The van der Waals surface area contributed by atoms with Crippen molar-refractivity contribution in [3.05, 3.63) is 92.3 Å². The first kappa shape index (κ1) is 48.3. The average molecular weight is 949 g/mol. The van der Waals surface area contributed by atoms with Gasteiger partial charge in [-0.1, -0.05) is 50.7 Å². The molecular formula is C31H23BrCl3F9N6O7. The molecule has 0 aromatic carbocycles. The van der Waals surface area contributed by atoms with Gasteiger partial charge in [-0.25, -0.2) is 29.3 Å². The molecule has 0 aliphatic rings. The van der Waals surface area contributed by atoms with Crippen molar-refractivity contribution in [1.82, 2.24) is 23.8 Å². The van der Waals surface area contributed by atoms with Crippen LogP contribution in [0, 0.1) is 0 Å². The van der Waals surface area contributed by atoms with Crippen LogP contribution in [0.4, 0.5) is 45.3 Å². The molecule has 5 aromatic heterocycles. The topological polar surface area (TPSA) is 180 Å². The highest BCUT2D eigenvalue weighted by atomic mass is 79.9. The molecule has 0 amide bonds. The number of nitrogens with two attached hydrogens (primary N) is 1. The van der Waals surface area contributed by atoms with Crippen LogP contribution in [0.25, 0.3) is 11.3 Å². The largest absolute Gasteiger partial charge is 0.476 e. The Labute approximate surface area is 336 Å². The lowest BCUT2D eigenvalue weighted by Crippen LogP contribution is -2.17. The minimum absolute atomic E-state index is 0.0305. The van der Waals surface area contributed by atoms with E-state index in [1.807, 2.05) is 0 Å². The van der Waals surface area contributed by atoms with E-state index >= 15 is 0 Å². The van der Waals surface area contributed by atoms with Crippen LogP contribution in [0.1, 0.15) is 51.5 Å². The van der Waals surface area contributed by atoms with Gasteiger partial charge in [0.15, 0.2) is 22.7 Å². The predicted molar refractivity (Wildman–Crippen MR) is 187 cm³/mol. The van der Waals surface area contributed by atoms with Crippen LogP contribution < -0.4 is 5.73 Å². The summed E-state index contributed by atoms with van der Waals surface area (Å²) < 4.78 is 122. The van der Waals surface area contributed by atoms with E-state index < -0.39 is 58.9 Å². The van der Waals surface area contributed by atoms with Crippen molar-refractivity contribution in [2.45, 2.75) is 32.4 Å². The van der Waals surface area contributed by atoms with Crippen LogP contribution >= 0.6 is 50.7 Å². The maximum atomic E-state index is 12.6. The monoisotopic (exact) mass is 946 g/mol. The van der Waals surface area contributed by atoms with Gasteiger partial charge in [-0.2, -0.15) is 39.5 Å². The van der Waals surface area contributed by atoms with Crippen LogP contribution in [-0.4, -0.2) is 71.1 Å². The van der Waals surface area contributed by atoms with Gasteiger partial charge in [0, 0.05) is 31.0 Å². The highest BCUT2D eigenvalue weighted by Gasteiger charge is 2.33. The molecule has 0 spiro atoms. The van der Waals surface area contributed by atoms with E-state index in [0.717, 1.165) is 45.7 Å². The number of esters is 2. The van der Waals surface area contributed by atoms with Gasteiger partial charge in [-0.15, -0.1) is 0 Å². The van der Waals surface area contributed by atoms with Gasteiger partial charge in [0.05, 0.1) is 50.3 Å². The fourth-order valence-electron chi connectivity index (χ4n) is 3.70. The van der Waals surface area contributed by atoms with Crippen LogP contribution in [0.3, 0.4) is 0 Å². The average Bonchev–Trinajstić information content (AvgIpc) is 3.75. The number of aromatic carboxylic acids is 1. The summed E-state index contributed by atoms with van der Waals surface area (Å²) in [5.74, 6) is -3.47. The Morgan fingerprint density at radius 1 is 0.719 bits per heavy atom. The first-order valence-electron chi connectivity index (χ1n) is 14.9. The smallest absolute Gasteiger partial charge is 0.417 e. The molecule has 5 rings (SSSR count). The summed E-state index contributed by atoms with van der Waals surface area (Å²) in [6.07, 6.45) is -9.19. The van der Waals surface area contributed by atoms with Crippen LogP contribution in [0.2, 0.25) is 15.1 Å². The number of Topliss-reactive ketones (excluding diaryl/α,β-unsaturated/α-hetero) is 1. The first-order valence-corrected chi connectivity index (χ1v) is 17.2. The number of halogens is 13. The highest BCUT2D eigenvalue weighted by molar-refractivity contribution is 9.09. The molecule has 13 nitrogen and oxygen atoms in total. The summed E-state index contributed by atoms with van der Waals surface area (Å²) in [6.45, 7) is 3.66. The summed E-state index contributed by atoms with van der Waals surface area (Å²) in [6, 6.07) is 2.21. The SMILES string of the molecule is CCOC(=O)C(=O)CBr.CCOC(=O)c1cn2cc(C(F)(F)F)cc(Cl)c2n1.Nc1ncc(C(F)(F)F)cc1Cl.O=C(O)c1cn2cc(C(F)(F)F)cc(Cl)c2n1. The van der Waals surface area contributed by atoms with Crippen molar-refractivity contribution < 1.29 is 73.3 Å². The molecule has 5 aromatic rings. The van der Waals surface area contributed by atoms with Crippen LogP contribution in [0.15, 0.2) is 49.2 Å². The Kier molecular flexibility index (Phi) is 16.9. The second-order valence-electron chi connectivity index (χ2n) is 10.3. The summed E-state index contributed by atoms with van der Waals surface area (Å²) in [4.78, 5) is 53.5. The number of alkyl halides is 10. The number of ketones is 1. The zero-order chi connectivity index (χ0) is 43.6. The summed E-state index contributed by atoms with van der Waals surface area (Å²) in [7, 11) is 0. The van der Waals surface area contributed by atoms with E-state index in [0.29, 0.717) is 12.3 Å². The van der Waals surface area contributed by atoms with E-state index in [1.54, 1.807) is 13.8 Å². The Hall–Kier alpha value is -4.87. The molecule has 0 atom stereocenters. The Morgan fingerprint density at radius 3 is 1.53 bits per heavy atom. The third-order valence-electron chi connectivity index (χ3n) is 6.19. The number of aromatic nitrogens is 5. The summed E-state index contributed by atoms with van der Waals surface area (Å²) in [5.41, 5.74) is 1.91. The van der Waals surface area contributed by atoms with Gasteiger partial charge >= 0.3 is 36.4 Å². The molecule has 0 bridgehead atoms. The lowest BCUT2D eigenvalue weighted by molar-refractivity contribution is -0.152. The quantitative estimate of drug-likeness (QED) is 0.0719. The Morgan fingerprint density at radius 2 is 1.14 bits per heavy atom. The fraction of sp³-hybridized carbons (Fsp3) is 0.258. The molecule has 5 heterocycles. The van der Waals surface area contributed by atoms with E-state index in [9.17, 15) is 58.7 Å². The molecule has 0 radical (unpaired) electrons. The molecule has 310 valence electrons. The van der Waals surface area contributed by atoms with Gasteiger partial charge in [0.2, 0.25) is 5.78 Å². The van der Waals surface area contributed by atoms with Gasteiger partial charge in [-0.05, 0) is 32.0 Å². The molecule has 0 saturated heterocycles. The molecule has 0 saturated carbocycles. The maximum absolute atomic E-state index is 12.6. The normalized spacial score (nSPS) is 11.4. The zero-order valence-corrected chi connectivity index (χ0v) is 32.2. The standard InChI is InChI=1S/C11H8ClF3N2O2.C9H4ClF3N2O2.C6H4ClF3N2.C5H7BrO3/c1-2-19-10(18)8-5-17-4-6(11(13,14)15)3-7(12)9(17)16-8;10-5-1-4(9(11,12)13)2-15-3-6(8(16)17)14-7(5)15;7-4-1-3(6(8,9)10)2-12-5(4)11;1-2-9-5(8)4(7)3-6/h3-5H,2H2,1H3;1-3H,(H,16,17);1-2H,(H2,11,12);2-3H2,1H3. The van der Waals surface area contributed by atoms with Crippen LogP contribution in [0.5, 0.6) is 0 Å². The number of imidazole rings is 2. The predicted octanol–water partition coefficient (Wildman–Crippen LogP) is 8.74. The number of rotatable bonds is 6. The number of carboxylic acids is 1. The number of carbonyl (C=O) groups is 4. The number of pyridine rings is 3. The number of hydrogen-bond donors (Lipinski definition) is 2. The molecule has 0 fully saturated rings. The maximum Gasteiger partial charge on any atom is 0.417 e. The van der Waals surface area contributed by atoms with Gasteiger partial charge in [0.25, 0.3) is 0 Å². The lowest BCUT2D eigenvalue weighted by atomic mass is 10.3. The van der Waals surface area contributed by atoms with Gasteiger partial charge in [-0.3, -0.25) is 4.79 Å². The Balaban J connectivity index is 0.000000273. The van der Waals surface area contributed by atoms with E-state index in [-0.39, 0.29) is 62.1 Å². The lowest BCUT2D eigenvalue weighted by Gasteiger charge is -2.07. The number of nitrogens with zero attached hydrogens (tertiary/aromatic N) is 5. The van der Waals surface area contributed by atoms with Gasteiger partial charge < -0.3 is 29.1 Å². The van der Waals surface area contributed by atoms with Crippen LogP contribution in [-0.2, 0) is 37.6 Å². The number of ether oxygens (including phenoxy) is 2. The zero-order valence-electron chi connectivity index (χ0n) is 28.4. The van der Waals surface area contributed by atoms with Crippen molar-refractivity contribution in [3.8, 4) is 0 Å². The molecule has 3 N–H and O–H groups in total. The van der Waals surface area contributed by atoms with Crippen molar-refractivity contribution >= 4 is 91.5 Å². The third-order valence-corrected chi connectivity index (χ3v) is 7.56. The number of nitrogen functional groups attached to an aromatic ring is 1. The Bertz CT molecular complexity index is 2250. The number of fused-ring (bicyclic) bond motifs is 2. The second-order valence-corrected chi connectivity index (χ2v) is 12.0. The molecule has 57 heavy (non-hydrogen) atoms. The van der Waals surface area contributed by atoms with Gasteiger partial charge in [0.1, 0.15) is 5.82 Å². The summed E-state index contributed by atoms with van der Waals surface area (Å²) in [5, 5.41) is 8.06. The third kappa shape index (κ3) is 13.9. The first-order chi connectivity index (χ1) is 26.2. The van der Waals surface area contributed by atoms with Crippen molar-refractivity contribution in [2.24, 2.45) is 0 Å². The second kappa shape index (κ2) is 20.0. The fourth-order valence-corrected chi connectivity index (χ4v) is 4.61. The molecule has 26 heteroatoms. The number of hydrogen-bond acceptors (Lipinski definition) is 10. The van der Waals surface area contributed by atoms with Crippen molar-refractivity contribution in [3.63, 3.8) is 0 Å². The minimum Gasteiger partial charge on any atom is -0.476 e. The molecule has 0 aliphatic carbocycles. The summed E-state index contributed by atoms with van der Waals surface area (Å²) >= 11 is 19.5. The number of anilines is 1. The van der Waals surface area contributed by atoms with E-state index in [2.05, 4.69) is 35.6 Å². The van der Waals surface area contributed by atoms with Crippen molar-refractivity contribution in [1.29, 1.82) is 0 Å². The highest BCUT2D eigenvalue weighted by Crippen LogP contribution is 2.34.